The Hall–Kier alpha value is -2.16. The maximum absolute atomic E-state index is 13.1. The number of carbonyl (C=O) groups is 1. The first-order chi connectivity index (χ1) is 13.9. The van der Waals surface area contributed by atoms with Gasteiger partial charge in [-0.1, -0.05) is 57.9 Å². The van der Waals surface area contributed by atoms with Crippen molar-refractivity contribution in [2.45, 2.75) is 59.3 Å². The molecular weight excluding hydrogens is 363 g/mol. The molecule has 3 rings (SSSR count). The summed E-state index contributed by atoms with van der Waals surface area (Å²) >= 11 is 0. The monoisotopic (exact) mass is 396 g/mol. The molecule has 0 radical (unpaired) electrons. The molecule has 0 spiro atoms. The van der Waals surface area contributed by atoms with Crippen LogP contribution in [0.5, 0.6) is 5.75 Å². The molecule has 0 saturated heterocycles. The molecular formula is C26H33FO2. The Morgan fingerprint density at radius 2 is 1.45 bits per heavy atom. The van der Waals surface area contributed by atoms with Gasteiger partial charge in [-0.25, -0.2) is 4.39 Å². The van der Waals surface area contributed by atoms with E-state index >= 15 is 0 Å². The molecule has 2 aromatic rings. The van der Waals surface area contributed by atoms with Gasteiger partial charge in [-0.2, -0.15) is 0 Å². The molecule has 156 valence electrons. The standard InChI is InChI=1S/C26H33FO2/c1-18(2)4-5-19(3)20-6-8-23(9-7-20)26(28)29-25-16-12-22(13-17-25)21-10-14-24(27)15-11-21/h10-20,23H,4-9H2,1-3H3. The lowest BCUT2D eigenvalue weighted by atomic mass is 9.74. The Morgan fingerprint density at radius 1 is 0.897 bits per heavy atom. The molecule has 2 nitrogen and oxygen atoms in total. The van der Waals surface area contributed by atoms with Crippen LogP contribution >= 0.6 is 0 Å². The summed E-state index contributed by atoms with van der Waals surface area (Å²) < 4.78 is 18.7. The quantitative estimate of drug-likeness (QED) is 0.363. The van der Waals surface area contributed by atoms with E-state index in [9.17, 15) is 9.18 Å². The zero-order valence-electron chi connectivity index (χ0n) is 17.9. The van der Waals surface area contributed by atoms with Crippen molar-refractivity contribution in [1.82, 2.24) is 0 Å². The Bertz CT molecular complexity index is 771. The van der Waals surface area contributed by atoms with Crippen molar-refractivity contribution in [1.29, 1.82) is 0 Å². The van der Waals surface area contributed by atoms with E-state index in [1.54, 1.807) is 12.1 Å². The SMILES string of the molecule is CC(C)CCC(C)C1CCC(C(=O)Oc2ccc(-c3ccc(F)cc3)cc2)CC1. The first-order valence-electron chi connectivity index (χ1n) is 11.0. The summed E-state index contributed by atoms with van der Waals surface area (Å²) in [7, 11) is 0. The van der Waals surface area contributed by atoms with E-state index in [2.05, 4.69) is 20.8 Å². The van der Waals surface area contributed by atoms with E-state index in [1.807, 2.05) is 24.3 Å². The Balaban J connectivity index is 1.49. The van der Waals surface area contributed by atoms with Gasteiger partial charge in [0.1, 0.15) is 11.6 Å². The molecule has 0 amide bonds. The van der Waals surface area contributed by atoms with Crippen molar-refractivity contribution >= 4 is 5.97 Å². The first kappa shape index (κ1) is 21.5. The predicted octanol–water partition coefficient (Wildman–Crippen LogP) is 7.28. The van der Waals surface area contributed by atoms with Crippen LogP contribution in [0.1, 0.15) is 59.3 Å². The van der Waals surface area contributed by atoms with Crippen LogP contribution in [-0.2, 0) is 4.79 Å². The highest BCUT2D eigenvalue weighted by Gasteiger charge is 2.30. The number of halogens is 1. The molecule has 1 aliphatic carbocycles. The van der Waals surface area contributed by atoms with Gasteiger partial charge in [0.25, 0.3) is 0 Å². The van der Waals surface area contributed by atoms with Gasteiger partial charge in [-0.05, 0) is 78.8 Å². The zero-order valence-corrected chi connectivity index (χ0v) is 17.9. The number of hydrogen-bond acceptors (Lipinski definition) is 2. The lowest BCUT2D eigenvalue weighted by molar-refractivity contribution is -0.140. The highest BCUT2D eigenvalue weighted by molar-refractivity contribution is 5.75. The normalized spacial score (nSPS) is 20.4. The summed E-state index contributed by atoms with van der Waals surface area (Å²) in [6.45, 7) is 6.94. The maximum atomic E-state index is 13.1. The minimum atomic E-state index is -0.247. The third kappa shape index (κ3) is 6.16. The molecule has 1 saturated carbocycles. The molecule has 0 heterocycles. The summed E-state index contributed by atoms with van der Waals surface area (Å²) in [6.07, 6.45) is 6.70. The third-order valence-corrected chi connectivity index (χ3v) is 6.36. The van der Waals surface area contributed by atoms with Crippen molar-refractivity contribution < 1.29 is 13.9 Å². The molecule has 1 fully saturated rings. The van der Waals surface area contributed by atoms with Crippen LogP contribution in [-0.4, -0.2) is 5.97 Å². The molecule has 29 heavy (non-hydrogen) atoms. The van der Waals surface area contributed by atoms with Crippen molar-refractivity contribution in [3.8, 4) is 16.9 Å². The minimum absolute atomic E-state index is 0.0142. The minimum Gasteiger partial charge on any atom is -0.426 e. The lowest BCUT2D eigenvalue weighted by Gasteiger charge is -2.31. The van der Waals surface area contributed by atoms with E-state index in [1.165, 1.54) is 25.0 Å². The van der Waals surface area contributed by atoms with Gasteiger partial charge >= 0.3 is 5.97 Å². The number of benzene rings is 2. The topological polar surface area (TPSA) is 26.3 Å². The molecule has 0 aromatic heterocycles. The van der Waals surface area contributed by atoms with Crippen LogP contribution in [0.4, 0.5) is 4.39 Å². The third-order valence-electron chi connectivity index (χ3n) is 6.36. The predicted molar refractivity (Wildman–Crippen MR) is 116 cm³/mol. The summed E-state index contributed by atoms with van der Waals surface area (Å²) in [4.78, 5) is 12.6. The number of carbonyl (C=O) groups excluding carboxylic acids is 1. The average molecular weight is 397 g/mol. The van der Waals surface area contributed by atoms with Gasteiger partial charge in [-0.3, -0.25) is 4.79 Å². The summed E-state index contributed by atoms with van der Waals surface area (Å²) in [6, 6.07) is 13.8. The fraction of sp³-hybridized carbons (Fsp3) is 0.500. The van der Waals surface area contributed by atoms with E-state index < -0.39 is 0 Å². The van der Waals surface area contributed by atoms with E-state index in [4.69, 9.17) is 4.74 Å². The second-order valence-corrected chi connectivity index (χ2v) is 9.01. The Kier molecular flexibility index (Phi) is 7.46. The van der Waals surface area contributed by atoms with Crippen LogP contribution < -0.4 is 4.74 Å². The van der Waals surface area contributed by atoms with Crippen molar-refractivity contribution in [2.75, 3.05) is 0 Å². The molecule has 0 N–H and O–H groups in total. The average Bonchev–Trinajstić information content (AvgIpc) is 2.73. The van der Waals surface area contributed by atoms with Gasteiger partial charge in [0, 0.05) is 0 Å². The Labute approximate surface area is 174 Å². The number of ether oxygens (including phenoxy) is 1. The second-order valence-electron chi connectivity index (χ2n) is 9.01. The highest BCUT2D eigenvalue weighted by atomic mass is 19.1. The van der Waals surface area contributed by atoms with Crippen LogP contribution in [0.2, 0.25) is 0 Å². The molecule has 0 aliphatic heterocycles. The molecule has 3 heteroatoms. The van der Waals surface area contributed by atoms with E-state index in [0.717, 1.165) is 54.6 Å². The molecule has 1 aliphatic rings. The zero-order chi connectivity index (χ0) is 20.8. The van der Waals surface area contributed by atoms with E-state index in [0.29, 0.717) is 5.75 Å². The summed E-state index contributed by atoms with van der Waals surface area (Å²) in [5, 5.41) is 0. The van der Waals surface area contributed by atoms with Gasteiger partial charge in [0.2, 0.25) is 0 Å². The fourth-order valence-corrected chi connectivity index (χ4v) is 4.31. The van der Waals surface area contributed by atoms with Crippen LogP contribution in [0.25, 0.3) is 11.1 Å². The van der Waals surface area contributed by atoms with Crippen LogP contribution in [0, 0.1) is 29.5 Å². The summed E-state index contributed by atoms with van der Waals surface area (Å²) in [5.41, 5.74) is 1.91. The second kappa shape index (κ2) is 10.0. The summed E-state index contributed by atoms with van der Waals surface area (Å²) in [5.74, 6) is 2.49. The largest absolute Gasteiger partial charge is 0.426 e. The van der Waals surface area contributed by atoms with Gasteiger partial charge < -0.3 is 4.74 Å². The molecule has 1 unspecified atom stereocenters. The van der Waals surface area contributed by atoms with Crippen LogP contribution in [0.15, 0.2) is 48.5 Å². The van der Waals surface area contributed by atoms with Crippen molar-refractivity contribution in [2.24, 2.45) is 23.7 Å². The van der Waals surface area contributed by atoms with Gasteiger partial charge in [0.15, 0.2) is 0 Å². The van der Waals surface area contributed by atoms with Crippen LogP contribution in [0.3, 0.4) is 0 Å². The number of rotatable bonds is 7. The molecule has 1 atom stereocenters. The highest BCUT2D eigenvalue weighted by Crippen LogP contribution is 2.36. The van der Waals surface area contributed by atoms with E-state index in [-0.39, 0.29) is 17.7 Å². The number of hydrogen-bond donors (Lipinski definition) is 0. The van der Waals surface area contributed by atoms with Gasteiger partial charge in [0.05, 0.1) is 5.92 Å². The first-order valence-corrected chi connectivity index (χ1v) is 11.0. The van der Waals surface area contributed by atoms with Gasteiger partial charge in [-0.15, -0.1) is 0 Å². The lowest BCUT2D eigenvalue weighted by Crippen LogP contribution is -2.27. The van der Waals surface area contributed by atoms with Crippen molar-refractivity contribution in [3.63, 3.8) is 0 Å². The Morgan fingerprint density at radius 3 is 2.00 bits per heavy atom. The smallest absolute Gasteiger partial charge is 0.314 e. The fourth-order valence-electron chi connectivity index (χ4n) is 4.31. The molecule has 0 bridgehead atoms. The van der Waals surface area contributed by atoms with Crippen molar-refractivity contribution in [3.05, 3.63) is 54.3 Å². The molecule has 2 aromatic carbocycles. The maximum Gasteiger partial charge on any atom is 0.314 e. The number of esters is 1.